The lowest BCUT2D eigenvalue weighted by molar-refractivity contribution is 0.0486. The minimum Gasteiger partial charge on any atom is -0.372 e. The fourth-order valence-corrected chi connectivity index (χ4v) is 2.36. The van der Waals surface area contributed by atoms with Crippen molar-refractivity contribution in [3.8, 4) is 11.3 Å². The molecule has 88 valence electrons. The van der Waals surface area contributed by atoms with Crippen molar-refractivity contribution in [3.05, 3.63) is 41.6 Å². The highest BCUT2D eigenvalue weighted by atomic mass is 16.5. The van der Waals surface area contributed by atoms with Crippen LogP contribution in [0.3, 0.4) is 0 Å². The van der Waals surface area contributed by atoms with Gasteiger partial charge in [0.2, 0.25) is 0 Å². The van der Waals surface area contributed by atoms with Gasteiger partial charge in [-0.3, -0.25) is 0 Å². The molecule has 3 rings (SSSR count). The Labute approximate surface area is 99.4 Å². The third-order valence-electron chi connectivity index (χ3n) is 3.15. The van der Waals surface area contributed by atoms with Crippen molar-refractivity contribution in [1.29, 1.82) is 0 Å². The van der Waals surface area contributed by atoms with Crippen LogP contribution in [-0.2, 0) is 11.2 Å². The van der Waals surface area contributed by atoms with Crippen molar-refractivity contribution in [2.24, 2.45) is 5.73 Å². The zero-order valence-electron chi connectivity index (χ0n) is 9.43. The zero-order chi connectivity index (χ0) is 11.7. The average molecular weight is 230 g/mol. The van der Waals surface area contributed by atoms with Crippen LogP contribution in [0.15, 0.2) is 35.0 Å². The molecule has 0 saturated heterocycles. The van der Waals surface area contributed by atoms with E-state index in [1.807, 2.05) is 12.1 Å². The van der Waals surface area contributed by atoms with Crippen molar-refractivity contribution in [3.63, 3.8) is 0 Å². The topological polar surface area (TPSA) is 61.3 Å². The van der Waals surface area contributed by atoms with Gasteiger partial charge >= 0.3 is 0 Å². The molecule has 0 spiro atoms. The Morgan fingerprint density at radius 2 is 2.29 bits per heavy atom. The molecular formula is C13H14N2O2. The summed E-state index contributed by atoms with van der Waals surface area (Å²) in [6, 6.07) is 8.01. The summed E-state index contributed by atoms with van der Waals surface area (Å²) >= 11 is 0. The number of nitrogens with two attached hydrogens (primary N) is 1. The van der Waals surface area contributed by atoms with Gasteiger partial charge in [0.15, 0.2) is 5.76 Å². The van der Waals surface area contributed by atoms with Crippen LogP contribution >= 0.6 is 0 Å². The molecule has 2 N–H and O–H groups in total. The van der Waals surface area contributed by atoms with Gasteiger partial charge in [0, 0.05) is 18.2 Å². The van der Waals surface area contributed by atoms with Crippen molar-refractivity contribution in [2.75, 3.05) is 13.2 Å². The third kappa shape index (κ3) is 1.75. The van der Waals surface area contributed by atoms with E-state index < -0.39 is 0 Å². The predicted octanol–water partition coefficient (Wildman–Crippen LogP) is 1.91. The van der Waals surface area contributed by atoms with E-state index in [1.165, 1.54) is 11.1 Å². The normalized spacial score (nSPS) is 19.0. The molecule has 0 amide bonds. The zero-order valence-corrected chi connectivity index (χ0v) is 9.43. The molecule has 1 aromatic heterocycles. The van der Waals surface area contributed by atoms with Crippen LogP contribution in [-0.4, -0.2) is 18.3 Å². The fraction of sp³-hybridized carbons (Fsp3) is 0.308. The van der Waals surface area contributed by atoms with Gasteiger partial charge in [-0.2, -0.15) is 0 Å². The first-order chi connectivity index (χ1) is 8.40. The van der Waals surface area contributed by atoms with E-state index in [2.05, 4.69) is 17.3 Å². The Morgan fingerprint density at radius 3 is 3.06 bits per heavy atom. The third-order valence-corrected chi connectivity index (χ3v) is 3.15. The number of hydrogen-bond acceptors (Lipinski definition) is 4. The van der Waals surface area contributed by atoms with Crippen LogP contribution in [0.1, 0.15) is 17.2 Å². The molecule has 0 bridgehead atoms. The monoisotopic (exact) mass is 230 g/mol. The van der Waals surface area contributed by atoms with Gasteiger partial charge in [-0.05, 0) is 17.5 Å². The number of nitrogens with zero attached hydrogens (tertiary/aromatic N) is 1. The van der Waals surface area contributed by atoms with E-state index in [0.29, 0.717) is 13.2 Å². The molecule has 2 heterocycles. The Morgan fingerprint density at radius 1 is 1.35 bits per heavy atom. The van der Waals surface area contributed by atoms with E-state index in [9.17, 15) is 0 Å². The van der Waals surface area contributed by atoms with Gasteiger partial charge in [0.1, 0.15) is 0 Å². The second-order valence-corrected chi connectivity index (χ2v) is 4.10. The Kier molecular flexibility index (Phi) is 2.66. The van der Waals surface area contributed by atoms with Crippen molar-refractivity contribution < 1.29 is 9.26 Å². The van der Waals surface area contributed by atoms with E-state index in [4.69, 9.17) is 15.0 Å². The largest absolute Gasteiger partial charge is 0.372 e. The van der Waals surface area contributed by atoms with Gasteiger partial charge in [-0.15, -0.1) is 0 Å². The lowest BCUT2D eigenvalue weighted by atomic mass is 9.92. The second-order valence-electron chi connectivity index (χ2n) is 4.10. The molecule has 0 fully saturated rings. The molecule has 17 heavy (non-hydrogen) atoms. The van der Waals surface area contributed by atoms with Gasteiger partial charge in [-0.1, -0.05) is 23.4 Å². The molecule has 1 atom stereocenters. The summed E-state index contributed by atoms with van der Waals surface area (Å²) in [5.74, 6) is 0.805. The number of benzene rings is 1. The van der Waals surface area contributed by atoms with Gasteiger partial charge in [-0.25, -0.2) is 0 Å². The molecule has 1 aliphatic rings. The van der Waals surface area contributed by atoms with Gasteiger partial charge in [0.05, 0.1) is 18.9 Å². The van der Waals surface area contributed by atoms with Crippen LogP contribution in [0.5, 0.6) is 0 Å². The van der Waals surface area contributed by atoms with E-state index >= 15 is 0 Å². The maximum Gasteiger partial charge on any atom is 0.167 e. The van der Waals surface area contributed by atoms with Crippen LogP contribution < -0.4 is 5.73 Å². The van der Waals surface area contributed by atoms with Crippen LogP contribution in [0.25, 0.3) is 11.3 Å². The lowest BCUT2D eigenvalue weighted by Gasteiger charge is -2.26. The minimum absolute atomic E-state index is 0.00150. The highest BCUT2D eigenvalue weighted by molar-refractivity contribution is 5.64. The summed E-state index contributed by atoms with van der Waals surface area (Å²) in [5, 5.41) is 3.76. The Bertz CT molecular complexity index is 508. The summed E-state index contributed by atoms with van der Waals surface area (Å²) in [7, 11) is 0. The fourth-order valence-electron chi connectivity index (χ4n) is 2.36. The van der Waals surface area contributed by atoms with Gasteiger partial charge < -0.3 is 15.0 Å². The van der Waals surface area contributed by atoms with Crippen molar-refractivity contribution in [2.45, 2.75) is 12.5 Å². The smallest absolute Gasteiger partial charge is 0.167 e. The van der Waals surface area contributed by atoms with Crippen molar-refractivity contribution in [1.82, 2.24) is 5.16 Å². The summed E-state index contributed by atoms with van der Waals surface area (Å²) in [5.41, 5.74) is 9.27. The second kappa shape index (κ2) is 4.31. The first-order valence-electron chi connectivity index (χ1n) is 5.74. The molecule has 1 aliphatic heterocycles. The number of fused-ring (bicyclic) bond motifs is 1. The molecule has 0 aliphatic carbocycles. The average Bonchev–Trinajstić information content (AvgIpc) is 2.91. The van der Waals surface area contributed by atoms with Crippen molar-refractivity contribution >= 4 is 0 Å². The summed E-state index contributed by atoms with van der Waals surface area (Å²) in [6.07, 6.45) is 2.55. The Balaban J connectivity index is 2.12. The number of rotatable bonds is 2. The summed E-state index contributed by atoms with van der Waals surface area (Å²) in [6.45, 7) is 1.22. The first-order valence-corrected chi connectivity index (χ1v) is 5.74. The van der Waals surface area contributed by atoms with Crippen LogP contribution in [0.4, 0.5) is 0 Å². The quantitative estimate of drug-likeness (QED) is 0.856. The van der Waals surface area contributed by atoms with Crippen LogP contribution in [0, 0.1) is 0 Å². The van der Waals surface area contributed by atoms with E-state index in [0.717, 1.165) is 17.7 Å². The Hall–Kier alpha value is -1.65. The van der Waals surface area contributed by atoms with Crippen LogP contribution in [0.2, 0.25) is 0 Å². The lowest BCUT2D eigenvalue weighted by Crippen LogP contribution is -2.23. The number of ether oxygens (including phenoxy) is 1. The highest BCUT2D eigenvalue weighted by Gasteiger charge is 2.22. The molecule has 1 aromatic carbocycles. The molecule has 4 heteroatoms. The number of hydrogen-bond donors (Lipinski definition) is 1. The number of aromatic nitrogens is 1. The first kappa shape index (κ1) is 10.5. The molecule has 2 aromatic rings. The highest BCUT2D eigenvalue weighted by Crippen LogP contribution is 2.33. The molecule has 0 radical (unpaired) electrons. The summed E-state index contributed by atoms with van der Waals surface area (Å²) < 4.78 is 10.9. The SMILES string of the molecule is NCC1OCCc2c(-c3ccno3)cccc21. The molecule has 4 nitrogen and oxygen atoms in total. The standard InChI is InChI=1S/C13H14N2O2/c14-8-13-11-3-1-2-10(9(11)5-7-16-13)12-4-6-15-17-12/h1-4,6,13H,5,7-8,14H2. The van der Waals surface area contributed by atoms with E-state index in [1.54, 1.807) is 6.20 Å². The van der Waals surface area contributed by atoms with Gasteiger partial charge in [0.25, 0.3) is 0 Å². The minimum atomic E-state index is 0.00150. The maximum absolute atomic E-state index is 5.73. The van der Waals surface area contributed by atoms with E-state index in [-0.39, 0.29) is 6.10 Å². The maximum atomic E-state index is 5.73. The summed E-state index contributed by atoms with van der Waals surface area (Å²) in [4.78, 5) is 0. The molecular weight excluding hydrogens is 216 g/mol. The molecule has 0 saturated carbocycles. The molecule has 1 unspecified atom stereocenters. The predicted molar refractivity (Wildman–Crippen MR) is 63.4 cm³/mol.